The molecule has 0 spiro atoms. The zero-order chi connectivity index (χ0) is 12.3. The summed E-state index contributed by atoms with van der Waals surface area (Å²) < 4.78 is 5.40. The Morgan fingerprint density at radius 3 is 3.00 bits per heavy atom. The fraction of sp³-hybridized carbons (Fsp3) is 0.615. The number of nitrogens with one attached hydrogen (secondary N) is 1. The van der Waals surface area contributed by atoms with E-state index in [0.717, 1.165) is 37.2 Å². The Morgan fingerprint density at radius 2 is 2.35 bits per heavy atom. The van der Waals surface area contributed by atoms with Crippen molar-refractivity contribution in [2.45, 2.75) is 45.2 Å². The van der Waals surface area contributed by atoms with E-state index >= 15 is 0 Å². The van der Waals surface area contributed by atoms with Gasteiger partial charge in [-0.15, -0.1) is 0 Å². The van der Waals surface area contributed by atoms with Gasteiger partial charge in [-0.1, -0.05) is 6.42 Å². The van der Waals surface area contributed by atoms with Gasteiger partial charge in [-0.2, -0.15) is 0 Å². The van der Waals surface area contributed by atoms with E-state index in [1.54, 1.807) is 0 Å². The van der Waals surface area contributed by atoms with Crippen LogP contribution in [-0.4, -0.2) is 11.9 Å². The second-order valence-electron chi connectivity index (χ2n) is 4.85. The van der Waals surface area contributed by atoms with E-state index in [-0.39, 0.29) is 17.9 Å². The maximum absolute atomic E-state index is 11.9. The van der Waals surface area contributed by atoms with Gasteiger partial charge in [0, 0.05) is 12.0 Å². The Balaban J connectivity index is 1.80. The summed E-state index contributed by atoms with van der Waals surface area (Å²) in [6.07, 6.45) is 3.86. The van der Waals surface area contributed by atoms with Gasteiger partial charge in [-0.25, -0.2) is 0 Å². The minimum atomic E-state index is 0.0785. The number of carbonyl (C=O) groups is 1. The van der Waals surface area contributed by atoms with Crippen LogP contribution < -0.4 is 11.1 Å². The molecule has 1 aliphatic carbocycles. The predicted octanol–water partition coefficient (Wildman–Crippen LogP) is 1.72. The van der Waals surface area contributed by atoms with Crippen molar-refractivity contribution in [3.05, 3.63) is 23.7 Å². The molecular weight excluding hydrogens is 216 g/mol. The van der Waals surface area contributed by atoms with Crippen molar-refractivity contribution in [1.29, 1.82) is 0 Å². The first kappa shape index (κ1) is 12.2. The van der Waals surface area contributed by atoms with Crippen LogP contribution in [0.15, 0.2) is 16.5 Å². The van der Waals surface area contributed by atoms with Crippen molar-refractivity contribution in [3.63, 3.8) is 0 Å². The molecule has 0 radical (unpaired) electrons. The van der Waals surface area contributed by atoms with Crippen molar-refractivity contribution in [3.8, 4) is 0 Å². The van der Waals surface area contributed by atoms with Crippen molar-refractivity contribution in [2.75, 3.05) is 0 Å². The third-order valence-electron chi connectivity index (χ3n) is 3.32. The van der Waals surface area contributed by atoms with Crippen LogP contribution in [0.3, 0.4) is 0 Å². The molecular formula is C13H20N2O2. The summed E-state index contributed by atoms with van der Waals surface area (Å²) in [7, 11) is 0. The molecule has 1 aliphatic rings. The average Bonchev–Trinajstić information content (AvgIpc) is 2.72. The lowest BCUT2D eigenvalue weighted by Crippen LogP contribution is -2.37. The Bertz CT molecular complexity index is 387. The fourth-order valence-electron chi connectivity index (χ4n) is 2.36. The van der Waals surface area contributed by atoms with E-state index in [4.69, 9.17) is 10.2 Å². The number of amides is 1. The highest BCUT2D eigenvalue weighted by atomic mass is 16.3. The highest BCUT2D eigenvalue weighted by Gasteiger charge is 2.25. The molecule has 4 nitrogen and oxygen atoms in total. The lowest BCUT2D eigenvalue weighted by atomic mass is 9.85. The third-order valence-corrected chi connectivity index (χ3v) is 3.32. The number of rotatable bonds is 3. The van der Waals surface area contributed by atoms with Gasteiger partial charge in [0.2, 0.25) is 5.91 Å². The fourth-order valence-corrected chi connectivity index (χ4v) is 2.36. The summed E-state index contributed by atoms with van der Waals surface area (Å²) in [4.78, 5) is 11.9. The van der Waals surface area contributed by atoms with Crippen molar-refractivity contribution in [1.82, 2.24) is 5.32 Å². The molecule has 1 fully saturated rings. The lowest BCUT2D eigenvalue weighted by molar-refractivity contribution is -0.126. The smallest absolute Gasteiger partial charge is 0.223 e. The summed E-state index contributed by atoms with van der Waals surface area (Å²) in [6.45, 7) is 2.36. The predicted molar refractivity (Wildman–Crippen MR) is 65.2 cm³/mol. The maximum Gasteiger partial charge on any atom is 0.223 e. The zero-order valence-corrected chi connectivity index (χ0v) is 10.2. The van der Waals surface area contributed by atoms with Gasteiger partial charge in [-0.05, 0) is 38.3 Å². The molecule has 1 aromatic heterocycles. The summed E-state index contributed by atoms with van der Waals surface area (Å²) >= 11 is 0. The lowest BCUT2D eigenvalue weighted by Gasteiger charge is -2.25. The largest absolute Gasteiger partial charge is 0.465 e. The standard InChI is InChI=1S/C13H20N2O2/c1-9-5-6-12(17-9)8-15-13(16)10-3-2-4-11(14)7-10/h5-6,10-11H,2-4,7-8,14H2,1H3,(H,15,16). The first-order chi connectivity index (χ1) is 8.15. The van der Waals surface area contributed by atoms with E-state index in [1.807, 2.05) is 19.1 Å². The quantitative estimate of drug-likeness (QED) is 0.839. The van der Waals surface area contributed by atoms with Crippen LogP contribution in [0.25, 0.3) is 0 Å². The number of hydrogen-bond acceptors (Lipinski definition) is 3. The van der Waals surface area contributed by atoms with E-state index in [9.17, 15) is 4.79 Å². The van der Waals surface area contributed by atoms with Crippen LogP contribution >= 0.6 is 0 Å². The monoisotopic (exact) mass is 236 g/mol. The second kappa shape index (κ2) is 5.36. The molecule has 4 heteroatoms. The van der Waals surface area contributed by atoms with Crippen LogP contribution in [-0.2, 0) is 11.3 Å². The SMILES string of the molecule is Cc1ccc(CNC(=O)C2CCCC(N)C2)o1. The van der Waals surface area contributed by atoms with Gasteiger partial charge in [0.1, 0.15) is 11.5 Å². The number of nitrogens with two attached hydrogens (primary N) is 1. The van der Waals surface area contributed by atoms with Gasteiger partial charge < -0.3 is 15.5 Å². The van der Waals surface area contributed by atoms with E-state index < -0.39 is 0 Å². The molecule has 1 aromatic rings. The Hall–Kier alpha value is -1.29. The minimum absolute atomic E-state index is 0.0785. The van der Waals surface area contributed by atoms with Gasteiger partial charge >= 0.3 is 0 Å². The summed E-state index contributed by atoms with van der Waals surface area (Å²) in [6, 6.07) is 3.98. The summed E-state index contributed by atoms with van der Waals surface area (Å²) in [5.41, 5.74) is 5.88. The van der Waals surface area contributed by atoms with Gasteiger partial charge in [0.25, 0.3) is 0 Å². The summed E-state index contributed by atoms with van der Waals surface area (Å²) in [5, 5.41) is 2.91. The van der Waals surface area contributed by atoms with Crippen molar-refractivity contribution in [2.24, 2.45) is 11.7 Å². The average molecular weight is 236 g/mol. The first-order valence-electron chi connectivity index (χ1n) is 6.24. The van der Waals surface area contributed by atoms with Gasteiger partial charge in [0.05, 0.1) is 6.54 Å². The van der Waals surface area contributed by atoms with Gasteiger partial charge in [0.15, 0.2) is 0 Å². The Morgan fingerprint density at radius 1 is 1.53 bits per heavy atom. The van der Waals surface area contributed by atoms with Crippen LogP contribution in [0.5, 0.6) is 0 Å². The number of furan rings is 1. The van der Waals surface area contributed by atoms with Crippen molar-refractivity contribution < 1.29 is 9.21 Å². The number of hydrogen-bond donors (Lipinski definition) is 2. The third kappa shape index (κ3) is 3.33. The Labute approximate surface area is 102 Å². The Kier molecular flexibility index (Phi) is 3.84. The molecule has 3 N–H and O–H groups in total. The summed E-state index contributed by atoms with van der Waals surface area (Å²) in [5.74, 6) is 1.86. The molecule has 1 saturated carbocycles. The molecule has 1 amide bonds. The molecule has 0 saturated heterocycles. The zero-order valence-electron chi connectivity index (χ0n) is 10.2. The highest BCUT2D eigenvalue weighted by Crippen LogP contribution is 2.23. The van der Waals surface area contributed by atoms with E-state index in [2.05, 4.69) is 5.32 Å². The maximum atomic E-state index is 11.9. The van der Waals surface area contributed by atoms with Crippen LogP contribution in [0, 0.1) is 12.8 Å². The number of aryl methyl sites for hydroxylation is 1. The molecule has 2 unspecified atom stereocenters. The molecule has 0 bridgehead atoms. The molecule has 0 aromatic carbocycles. The molecule has 94 valence electrons. The topological polar surface area (TPSA) is 68.3 Å². The minimum Gasteiger partial charge on any atom is -0.465 e. The molecule has 0 aliphatic heterocycles. The van der Waals surface area contributed by atoms with Crippen LogP contribution in [0.1, 0.15) is 37.2 Å². The van der Waals surface area contributed by atoms with Crippen molar-refractivity contribution >= 4 is 5.91 Å². The molecule has 17 heavy (non-hydrogen) atoms. The normalized spacial score (nSPS) is 24.6. The van der Waals surface area contributed by atoms with E-state index in [0.29, 0.717) is 6.54 Å². The van der Waals surface area contributed by atoms with Crippen LogP contribution in [0.2, 0.25) is 0 Å². The molecule has 2 rings (SSSR count). The van der Waals surface area contributed by atoms with Gasteiger partial charge in [-0.3, -0.25) is 4.79 Å². The highest BCUT2D eigenvalue weighted by molar-refractivity contribution is 5.78. The second-order valence-corrected chi connectivity index (χ2v) is 4.85. The molecule has 2 atom stereocenters. The molecule has 1 heterocycles. The van der Waals surface area contributed by atoms with Crippen LogP contribution in [0.4, 0.5) is 0 Å². The first-order valence-corrected chi connectivity index (χ1v) is 6.24. The van der Waals surface area contributed by atoms with E-state index in [1.165, 1.54) is 0 Å². The number of carbonyl (C=O) groups excluding carboxylic acids is 1.